The van der Waals surface area contributed by atoms with Gasteiger partial charge in [0, 0.05) is 18.5 Å². The molecular weight excluding hydrogens is 228 g/mol. The van der Waals surface area contributed by atoms with Crippen LogP contribution in [-0.4, -0.2) is 28.5 Å². The zero-order valence-corrected chi connectivity index (χ0v) is 10.4. The van der Waals surface area contributed by atoms with Crippen LogP contribution in [0.3, 0.4) is 0 Å². The molecule has 18 heavy (non-hydrogen) atoms. The standard InChI is InChI=1S/C13H20N4O/c14-11-7-10-9-16-17-12(10)8-13(11)15-5-3-1-2-4-6-18/h7-9,15,18H,1-6,14H2,(H,16,17). The van der Waals surface area contributed by atoms with E-state index in [1.54, 1.807) is 6.20 Å². The molecule has 0 saturated carbocycles. The Morgan fingerprint density at radius 1 is 1.22 bits per heavy atom. The van der Waals surface area contributed by atoms with Crippen molar-refractivity contribution in [2.45, 2.75) is 25.7 Å². The van der Waals surface area contributed by atoms with Gasteiger partial charge < -0.3 is 16.2 Å². The third kappa shape index (κ3) is 3.13. The fourth-order valence-electron chi connectivity index (χ4n) is 1.98. The number of fused-ring (bicyclic) bond motifs is 1. The van der Waals surface area contributed by atoms with Crippen molar-refractivity contribution in [1.82, 2.24) is 10.2 Å². The van der Waals surface area contributed by atoms with E-state index in [0.29, 0.717) is 0 Å². The summed E-state index contributed by atoms with van der Waals surface area (Å²) in [5.41, 5.74) is 8.67. The van der Waals surface area contributed by atoms with Crippen LogP contribution in [0.25, 0.3) is 10.9 Å². The van der Waals surface area contributed by atoms with Gasteiger partial charge in [-0.05, 0) is 25.0 Å². The van der Waals surface area contributed by atoms with Crippen molar-refractivity contribution in [2.75, 3.05) is 24.2 Å². The molecule has 5 nitrogen and oxygen atoms in total. The normalized spacial score (nSPS) is 10.9. The number of aliphatic hydroxyl groups excluding tert-OH is 1. The minimum Gasteiger partial charge on any atom is -0.397 e. The van der Waals surface area contributed by atoms with E-state index in [9.17, 15) is 0 Å². The Bertz CT molecular complexity index is 495. The molecule has 0 atom stereocenters. The number of nitrogens with zero attached hydrogens (tertiary/aromatic N) is 1. The lowest BCUT2D eigenvalue weighted by molar-refractivity contribution is 0.283. The molecule has 0 fully saturated rings. The number of nitrogens with one attached hydrogen (secondary N) is 2. The van der Waals surface area contributed by atoms with Crippen LogP contribution in [0.15, 0.2) is 18.3 Å². The first-order valence-electron chi connectivity index (χ1n) is 6.38. The zero-order valence-electron chi connectivity index (χ0n) is 10.4. The molecule has 2 rings (SSSR count). The Labute approximate surface area is 106 Å². The number of hydrogen-bond donors (Lipinski definition) is 4. The van der Waals surface area contributed by atoms with E-state index in [1.165, 1.54) is 0 Å². The van der Waals surface area contributed by atoms with Crippen molar-refractivity contribution in [2.24, 2.45) is 0 Å². The summed E-state index contributed by atoms with van der Waals surface area (Å²) in [6.45, 7) is 1.19. The topological polar surface area (TPSA) is 87.0 Å². The second-order valence-electron chi connectivity index (χ2n) is 4.46. The summed E-state index contributed by atoms with van der Waals surface area (Å²) in [4.78, 5) is 0. The molecule has 5 N–H and O–H groups in total. The molecule has 0 spiro atoms. The average Bonchev–Trinajstić information content (AvgIpc) is 2.80. The van der Waals surface area contributed by atoms with Crippen molar-refractivity contribution < 1.29 is 5.11 Å². The molecule has 1 aromatic heterocycles. The number of aromatic amines is 1. The average molecular weight is 248 g/mol. The number of hydrogen-bond acceptors (Lipinski definition) is 4. The minimum absolute atomic E-state index is 0.289. The van der Waals surface area contributed by atoms with Gasteiger partial charge in [0.1, 0.15) is 0 Å². The lowest BCUT2D eigenvalue weighted by atomic mass is 10.2. The molecule has 0 saturated heterocycles. The van der Waals surface area contributed by atoms with Gasteiger partial charge in [-0.15, -0.1) is 0 Å². The predicted octanol–water partition coefficient (Wildman–Crippen LogP) is 2.11. The lowest BCUT2D eigenvalue weighted by Crippen LogP contribution is -2.04. The summed E-state index contributed by atoms with van der Waals surface area (Å²) in [6.07, 6.45) is 5.94. The van der Waals surface area contributed by atoms with Crippen molar-refractivity contribution in [3.8, 4) is 0 Å². The molecule has 0 unspecified atom stereocenters. The van der Waals surface area contributed by atoms with Gasteiger partial charge in [0.15, 0.2) is 0 Å². The summed E-state index contributed by atoms with van der Waals surface area (Å²) in [7, 11) is 0. The minimum atomic E-state index is 0.289. The first-order valence-corrected chi connectivity index (χ1v) is 6.38. The maximum absolute atomic E-state index is 8.68. The maximum Gasteiger partial charge on any atom is 0.0672 e. The van der Waals surface area contributed by atoms with Crippen molar-refractivity contribution >= 4 is 22.3 Å². The molecular formula is C13H20N4O. The SMILES string of the molecule is Nc1cc2cn[nH]c2cc1NCCCCCCO. The molecule has 0 aliphatic carbocycles. The Kier molecular flexibility index (Phi) is 4.41. The first kappa shape index (κ1) is 12.7. The first-order chi connectivity index (χ1) is 8.81. The van der Waals surface area contributed by atoms with Gasteiger partial charge in [0.2, 0.25) is 0 Å². The summed E-state index contributed by atoms with van der Waals surface area (Å²) in [6, 6.07) is 3.91. The highest BCUT2D eigenvalue weighted by atomic mass is 16.2. The van der Waals surface area contributed by atoms with Crippen LogP contribution in [-0.2, 0) is 0 Å². The molecule has 0 bridgehead atoms. The van der Waals surface area contributed by atoms with E-state index in [2.05, 4.69) is 15.5 Å². The van der Waals surface area contributed by atoms with Crippen molar-refractivity contribution in [3.63, 3.8) is 0 Å². The van der Waals surface area contributed by atoms with E-state index >= 15 is 0 Å². The number of nitrogens with two attached hydrogens (primary N) is 1. The Balaban J connectivity index is 1.85. The summed E-state index contributed by atoms with van der Waals surface area (Å²) in [5.74, 6) is 0. The van der Waals surface area contributed by atoms with Crippen molar-refractivity contribution in [1.29, 1.82) is 0 Å². The second-order valence-corrected chi connectivity index (χ2v) is 4.46. The number of nitrogen functional groups attached to an aromatic ring is 1. The summed E-state index contributed by atoms with van der Waals surface area (Å²) in [5, 5.41) is 20.0. The van der Waals surface area contributed by atoms with E-state index in [0.717, 1.165) is 54.5 Å². The third-order valence-corrected chi connectivity index (χ3v) is 3.01. The zero-order chi connectivity index (χ0) is 12.8. The summed E-state index contributed by atoms with van der Waals surface area (Å²) >= 11 is 0. The van der Waals surface area contributed by atoms with Gasteiger partial charge >= 0.3 is 0 Å². The predicted molar refractivity (Wildman–Crippen MR) is 74.5 cm³/mol. The van der Waals surface area contributed by atoms with Crippen LogP contribution in [0.1, 0.15) is 25.7 Å². The number of unbranched alkanes of at least 4 members (excludes halogenated alkanes) is 3. The number of anilines is 2. The molecule has 0 aliphatic heterocycles. The number of H-pyrrole nitrogens is 1. The molecule has 0 amide bonds. The van der Waals surface area contributed by atoms with Gasteiger partial charge in [-0.25, -0.2) is 0 Å². The van der Waals surface area contributed by atoms with Gasteiger partial charge in [-0.2, -0.15) is 5.10 Å². The van der Waals surface area contributed by atoms with Gasteiger partial charge in [0.05, 0.1) is 23.1 Å². The number of rotatable bonds is 7. The molecule has 1 aromatic carbocycles. The Morgan fingerprint density at radius 3 is 2.89 bits per heavy atom. The van der Waals surface area contributed by atoms with E-state index in [1.807, 2.05) is 12.1 Å². The quantitative estimate of drug-likeness (QED) is 0.446. The van der Waals surface area contributed by atoms with Gasteiger partial charge in [0.25, 0.3) is 0 Å². The van der Waals surface area contributed by atoms with Crippen LogP contribution >= 0.6 is 0 Å². The molecule has 1 heterocycles. The van der Waals surface area contributed by atoms with Crippen LogP contribution in [0.2, 0.25) is 0 Å². The number of aliphatic hydroxyl groups is 1. The molecule has 98 valence electrons. The van der Waals surface area contributed by atoms with Crippen molar-refractivity contribution in [3.05, 3.63) is 18.3 Å². The number of benzene rings is 1. The maximum atomic E-state index is 8.68. The highest BCUT2D eigenvalue weighted by Crippen LogP contribution is 2.24. The largest absolute Gasteiger partial charge is 0.397 e. The highest BCUT2D eigenvalue weighted by molar-refractivity contribution is 5.88. The van der Waals surface area contributed by atoms with Crippen LogP contribution in [0.4, 0.5) is 11.4 Å². The van der Waals surface area contributed by atoms with Crippen LogP contribution in [0.5, 0.6) is 0 Å². The van der Waals surface area contributed by atoms with Crippen LogP contribution < -0.4 is 11.1 Å². The Morgan fingerprint density at radius 2 is 2.06 bits per heavy atom. The monoisotopic (exact) mass is 248 g/mol. The van der Waals surface area contributed by atoms with Gasteiger partial charge in [-0.1, -0.05) is 12.8 Å². The smallest absolute Gasteiger partial charge is 0.0672 e. The van der Waals surface area contributed by atoms with E-state index < -0.39 is 0 Å². The Hall–Kier alpha value is -1.75. The lowest BCUT2D eigenvalue weighted by Gasteiger charge is -2.09. The van der Waals surface area contributed by atoms with Gasteiger partial charge in [-0.3, -0.25) is 5.10 Å². The highest BCUT2D eigenvalue weighted by Gasteiger charge is 2.02. The number of aromatic nitrogens is 2. The molecule has 2 aromatic rings. The van der Waals surface area contributed by atoms with Crippen LogP contribution in [0, 0.1) is 0 Å². The fourth-order valence-corrected chi connectivity index (χ4v) is 1.98. The summed E-state index contributed by atoms with van der Waals surface area (Å²) < 4.78 is 0. The third-order valence-electron chi connectivity index (χ3n) is 3.01. The van der Waals surface area contributed by atoms with E-state index in [-0.39, 0.29) is 6.61 Å². The van der Waals surface area contributed by atoms with E-state index in [4.69, 9.17) is 10.8 Å². The fraction of sp³-hybridized carbons (Fsp3) is 0.462. The molecule has 5 heteroatoms. The molecule has 0 aliphatic rings. The second kappa shape index (κ2) is 6.26. The molecule has 0 radical (unpaired) electrons.